The lowest BCUT2D eigenvalue weighted by Gasteiger charge is -2.10. The molecule has 18 heavy (non-hydrogen) atoms. The molecule has 0 saturated carbocycles. The molecule has 0 aliphatic carbocycles. The Hall–Kier alpha value is -1.65. The SMILES string of the molecule is COCCCn1c(=O)ccc2ccc(CO)cc21. The van der Waals surface area contributed by atoms with Gasteiger partial charge in [-0.05, 0) is 29.5 Å². The summed E-state index contributed by atoms with van der Waals surface area (Å²) in [6.07, 6.45) is 0.791. The van der Waals surface area contributed by atoms with Crippen molar-refractivity contribution in [1.82, 2.24) is 4.57 Å². The zero-order chi connectivity index (χ0) is 13.0. The third kappa shape index (κ3) is 2.60. The van der Waals surface area contributed by atoms with Crippen LogP contribution in [0.2, 0.25) is 0 Å². The molecule has 0 spiro atoms. The molecule has 0 amide bonds. The summed E-state index contributed by atoms with van der Waals surface area (Å²) >= 11 is 0. The van der Waals surface area contributed by atoms with E-state index in [0.29, 0.717) is 13.2 Å². The molecule has 1 N–H and O–H groups in total. The third-order valence-electron chi connectivity index (χ3n) is 2.97. The number of ether oxygens (including phenoxy) is 1. The Morgan fingerprint density at radius 3 is 2.78 bits per heavy atom. The number of methoxy groups -OCH3 is 1. The second-order valence-corrected chi connectivity index (χ2v) is 4.22. The summed E-state index contributed by atoms with van der Waals surface area (Å²) in [4.78, 5) is 11.9. The Balaban J connectivity index is 2.47. The second-order valence-electron chi connectivity index (χ2n) is 4.22. The first-order chi connectivity index (χ1) is 8.76. The lowest BCUT2D eigenvalue weighted by molar-refractivity contribution is 0.190. The quantitative estimate of drug-likeness (QED) is 0.815. The fourth-order valence-corrected chi connectivity index (χ4v) is 2.03. The number of hydrogen-bond donors (Lipinski definition) is 1. The smallest absolute Gasteiger partial charge is 0.251 e. The van der Waals surface area contributed by atoms with Gasteiger partial charge in [-0.2, -0.15) is 0 Å². The highest BCUT2D eigenvalue weighted by molar-refractivity contribution is 5.79. The lowest BCUT2D eigenvalue weighted by Crippen LogP contribution is -2.20. The number of rotatable bonds is 5. The summed E-state index contributed by atoms with van der Waals surface area (Å²) in [7, 11) is 1.65. The fraction of sp³-hybridized carbons (Fsp3) is 0.357. The number of aryl methyl sites for hydroxylation is 1. The van der Waals surface area contributed by atoms with Crippen molar-refractivity contribution in [3.63, 3.8) is 0 Å². The maximum absolute atomic E-state index is 11.9. The van der Waals surface area contributed by atoms with Gasteiger partial charge in [0.05, 0.1) is 12.1 Å². The van der Waals surface area contributed by atoms with Crippen LogP contribution in [0, 0.1) is 0 Å². The van der Waals surface area contributed by atoms with Crippen LogP contribution in [-0.4, -0.2) is 23.4 Å². The summed E-state index contributed by atoms with van der Waals surface area (Å²) in [5.74, 6) is 0. The highest BCUT2D eigenvalue weighted by Crippen LogP contribution is 2.14. The minimum atomic E-state index is -0.0197. The number of aliphatic hydroxyl groups is 1. The van der Waals surface area contributed by atoms with E-state index >= 15 is 0 Å². The van der Waals surface area contributed by atoms with Crippen molar-refractivity contribution >= 4 is 10.9 Å². The van der Waals surface area contributed by atoms with E-state index in [4.69, 9.17) is 9.84 Å². The summed E-state index contributed by atoms with van der Waals surface area (Å²) < 4.78 is 6.73. The molecule has 0 radical (unpaired) electrons. The standard InChI is InChI=1S/C14H17NO3/c1-18-8-2-7-15-13-9-11(10-16)3-4-12(13)5-6-14(15)17/h3-6,9,16H,2,7-8,10H2,1H3. The first-order valence-corrected chi connectivity index (χ1v) is 5.98. The minimum absolute atomic E-state index is 0.0168. The fourth-order valence-electron chi connectivity index (χ4n) is 2.03. The molecule has 0 bridgehead atoms. The molecule has 0 aliphatic rings. The number of hydrogen-bond acceptors (Lipinski definition) is 3. The third-order valence-corrected chi connectivity index (χ3v) is 2.97. The average molecular weight is 247 g/mol. The molecule has 2 rings (SSSR count). The van der Waals surface area contributed by atoms with Gasteiger partial charge in [0.2, 0.25) is 0 Å². The molecule has 0 aliphatic heterocycles. The van der Waals surface area contributed by atoms with Crippen molar-refractivity contribution in [1.29, 1.82) is 0 Å². The summed E-state index contributed by atoms with van der Waals surface area (Å²) in [5.41, 5.74) is 1.66. The van der Waals surface area contributed by atoms with Crippen molar-refractivity contribution in [2.75, 3.05) is 13.7 Å². The van der Waals surface area contributed by atoms with Gasteiger partial charge >= 0.3 is 0 Å². The number of aliphatic hydroxyl groups excluding tert-OH is 1. The Morgan fingerprint density at radius 1 is 1.28 bits per heavy atom. The average Bonchev–Trinajstić information content (AvgIpc) is 2.41. The molecule has 2 aromatic rings. The van der Waals surface area contributed by atoms with Gasteiger partial charge in [0.1, 0.15) is 0 Å². The number of nitrogens with zero attached hydrogens (tertiary/aromatic N) is 1. The molecule has 1 heterocycles. The largest absolute Gasteiger partial charge is 0.392 e. The van der Waals surface area contributed by atoms with E-state index in [2.05, 4.69) is 0 Å². The van der Waals surface area contributed by atoms with E-state index in [-0.39, 0.29) is 12.2 Å². The predicted molar refractivity (Wildman–Crippen MR) is 70.6 cm³/mol. The van der Waals surface area contributed by atoms with E-state index < -0.39 is 0 Å². The zero-order valence-electron chi connectivity index (χ0n) is 10.4. The molecule has 4 heteroatoms. The van der Waals surface area contributed by atoms with E-state index in [9.17, 15) is 4.79 Å². The second kappa shape index (κ2) is 5.80. The van der Waals surface area contributed by atoms with Gasteiger partial charge in [0.15, 0.2) is 0 Å². The van der Waals surface area contributed by atoms with E-state index in [1.165, 1.54) is 0 Å². The van der Waals surface area contributed by atoms with Crippen LogP contribution in [0.1, 0.15) is 12.0 Å². The Morgan fingerprint density at radius 2 is 2.06 bits per heavy atom. The van der Waals surface area contributed by atoms with Crippen molar-refractivity contribution in [2.45, 2.75) is 19.6 Å². The van der Waals surface area contributed by atoms with Crippen molar-refractivity contribution < 1.29 is 9.84 Å². The number of pyridine rings is 1. The van der Waals surface area contributed by atoms with Crippen LogP contribution in [0.3, 0.4) is 0 Å². The van der Waals surface area contributed by atoms with E-state index in [1.807, 2.05) is 24.3 Å². The van der Waals surface area contributed by atoms with Crippen LogP contribution in [0.4, 0.5) is 0 Å². The molecule has 1 aromatic carbocycles. The van der Waals surface area contributed by atoms with Crippen LogP contribution < -0.4 is 5.56 Å². The van der Waals surface area contributed by atoms with Gasteiger partial charge in [-0.25, -0.2) is 0 Å². The molecular formula is C14H17NO3. The molecule has 0 atom stereocenters. The highest BCUT2D eigenvalue weighted by atomic mass is 16.5. The Bertz CT molecular complexity index is 589. The lowest BCUT2D eigenvalue weighted by atomic mass is 10.1. The van der Waals surface area contributed by atoms with Crippen LogP contribution in [0.25, 0.3) is 10.9 Å². The molecule has 96 valence electrons. The van der Waals surface area contributed by atoms with Crippen LogP contribution in [-0.2, 0) is 17.9 Å². The van der Waals surface area contributed by atoms with Crippen molar-refractivity contribution in [2.24, 2.45) is 0 Å². The van der Waals surface area contributed by atoms with Crippen molar-refractivity contribution in [3.05, 3.63) is 46.2 Å². The van der Waals surface area contributed by atoms with Crippen LogP contribution in [0.5, 0.6) is 0 Å². The van der Waals surface area contributed by atoms with Gasteiger partial charge in [-0.1, -0.05) is 12.1 Å². The maximum atomic E-state index is 11.9. The number of benzene rings is 1. The number of fused-ring (bicyclic) bond motifs is 1. The summed E-state index contributed by atoms with van der Waals surface area (Å²) in [5, 5.41) is 10.2. The van der Waals surface area contributed by atoms with Gasteiger partial charge in [0.25, 0.3) is 5.56 Å². The van der Waals surface area contributed by atoms with Crippen LogP contribution >= 0.6 is 0 Å². The molecule has 0 fully saturated rings. The first kappa shape index (κ1) is 12.8. The summed E-state index contributed by atoms with van der Waals surface area (Å²) in [6, 6.07) is 9.04. The maximum Gasteiger partial charge on any atom is 0.251 e. The normalized spacial score (nSPS) is 11.0. The van der Waals surface area contributed by atoms with Gasteiger partial charge < -0.3 is 14.4 Å². The van der Waals surface area contributed by atoms with Gasteiger partial charge in [-0.15, -0.1) is 0 Å². The van der Waals surface area contributed by atoms with E-state index in [0.717, 1.165) is 22.9 Å². The molecular weight excluding hydrogens is 230 g/mol. The minimum Gasteiger partial charge on any atom is -0.392 e. The van der Waals surface area contributed by atoms with E-state index in [1.54, 1.807) is 17.7 Å². The van der Waals surface area contributed by atoms with Gasteiger partial charge in [-0.3, -0.25) is 4.79 Å². The predicted octanol–water partition coefficient (Wildman–Crippen LogP) is 1.53. The van der Waals surface area contributed by atoms with Gasteiger partial charge in [0, 0.05) is 26.3 Å². The molecule has 0 saturated heterocycles. The highest BCUT2D eigenvalue weighted by Gasteiger charge is 2.03. The zero-order valence-corrected chi connectivity index (χ0v) is 10.4. The summed E-state index contributed by atoms with van der Waals surface area (Å²) in [6.45, 7) is 1.23. The molecule has 0 unspecified atom stereocenters. The molecule has 4 nitrogen and oxygen atoms in total. The topological polar surface area (TPSA) is 51.5 Å². The Labute approximate surface area is 105 Å². The van der Waals surface area contributed by atoms with Crippen molar-refractivity contribution in [3.8, 4) is 0 Å². The monoisotopic (exact) mass is 247 g/mol. The Kier molecular flexibility index (Phi) is 4.12. The molecule has 1 aromatic heterocycles. The van der Waals surface area contributed by atoms with Crippen LogP contribution in [0.15, 0.2) is 35.1 Å². The number of aromatic nitrogens is 1. The first-order valence-electron chi connectivity index (χ1n) is 5.98.